The van der Waals surface area contributed by atoms with E-state index < -0.39 is 5.41 Å². The third kappa shape index (κ3) is 2.73. The Hall–Kier alpha value is -1.34. The second-order valence-electron chi connectivity index (χ2n) is 4.68. The van der Waals surface area contributed by atoms with Gasteiger partial charge in [-0.2, -0.15) is 5.26 Å². The number of halogens is 1. The number of hydrogen-bond acceptors (Lipinski definition) is 2. The van der Waals surface area contributed by atoms with Crippen molar-refractivity contribution in [3.8, 4) is 6.07 Å². The van der Waals surface area contributed by atoms with Crippen molar-refractivity contribution in [2.24, 2.45) is 5.41 Å². The van der Waals surface area contributed by atoms with Crippen LogP contribution in [0, 0.1) is 16.7 Å². The third-order valence-electron chi connectivity index (χ3n) is 3.44. The van der Waals surface area contributed by atoms with Crippen LogP contribution in [0.15, 0.2) is 28.7 Å². The van der Waals surface area contributed by atoms with E-state index in [4.69, 9.17) is 5.26 Å². The lowest BCUT2D eigenvalue weighted by atomic mass is 9.69. The summed E-state index contributed by atoms with van der Waals surface area (Å²) in [6.45, 7) is 0.582. The summed E-state index contributed by atoms with van der Waals surface area (Å²) in [5.41, 5.74) is 0.432. The number of rotatable bonds is 4. The van der Waals surface area contributed by atoms with Crippen molar-refractivity contribution in [3.05, 3.63) is 34.3 Å². The highest BCUT2D eigenvalue weighted by molar-refractivity contribution is 9.10. The summed E-state index contributed by atoms with van der Waals surface area (Å²) < 4.78 is 1.04. The Labute approximate surface area is 115 Å². The molecule has 1 amide bonds. The van der Waals surface area contributed by atoms with Gasteiger partial charge in [0, 0.05) is 11.0 Å². The van der Waals surface area contributed by atoms with Gasteiger partial charge >= 0.3 is 0 Å². The lowest BCUT2D eigenvalue weighted by Crippen LogP contribution is -2.45. The number of nitrogens with one attached hydrogen (secondary N) is 1. The molecule has 0 saturated heterocycles. The monoisotopic (exact) mass is 306 g/mol. The van der Waals surface area contributed by atoms with Gasteiger partial charge < -0.3 is 5.32 Å². The maximum absolute atomic E-state index is 11.9. The van der Waals surface area contributed by atoms with Crippen LogP contribution in [0.4, 0.5) is 0 Å². The second-order valence-corrected chi connectivity index (χ2v) is 5.60. The number of nitrogens with zero attached hydrogens (tertiary/aromatic N) is 1. The zero-order chi connectivity index (χ0) is 13.0. The molecule has 3 nitrogen and oxygen atoms in total. The number of carbonyl (C=O) groups excluding carboxylic acids is 1. The van der Waals surface area contributed by atoms with E-state index in [9.17, 15) is 4.79 Å². The minimum atomic E-state index is -0.739. The maximum Gasteiger partial charge on any atom is 0.240 e. The molecule has 0 radical (unpaired) electrons. The van der Waals surface area contributed by atoms with Crippen LogP contribution < -0.4 is 5.32 Å². The van der Waals surface area contributed by atoms with Crippen molar-refractivity contribution in [1.82, 2.24) is 5.32 Å². The van der Waals surface area contributed by atoms with Crippen LogP contribution in [-0.2, 0) is 11.2 Å². The van der Waals surface area contributed by atoms with Gasteiger partial charge in [-0.15, -0.1) is 0 Å². The zero-order valence-electron chi connectivity index (χ0n) is 10.1. The van der Waals surface area contributed by atoms with Gasteiger partial charge in [-0.1, -0.05) is 28.1 Å². The minimum absolute atomic E-state index is 0.105. The number of amides is 1. The summed E-state index contributed by atoms with van der Waals surface area (Å²) in [5.74, 6) is -0.105. The van der Waals surface area contributed by atoms with Gasteiger partial charge in [0.2, 0.25) is 5.91 Å². The van der Waals surface area contributed by atoms with E-state index in [1.807, 2.05) is 24.3 Å². The quantitative estimate of drug-likeness (QED) is 0.930. The van der Waals surface area contributed by atoms with Gasteiger partial charge in [0.1, 0.15) is 5.41 Å². The number of benzene rings is 1. The van der Waals surface area contributed by atoms with E-state index in [0.29, 0.717) is 19.4 Å². The van der Waals surface area contributed by atoms with E-state index in [-0.39, 0.29) is 5.91 Å². The summed E-state index contributed by atoms with van der Waals surface area (Å²) in [6.07, 6.45) is 3.16. The van der Waals surface area contributed by atoms with Crippen molar-refractivity contribution >= 4 is 21.8 Å². The summed E-state index contributed by atoms with van der Waals surface area (Å²) in [5, 5.41) is 11.9. The molecule has 94 valence electrons. The van der Waals surface area contributed by atoms with Crippen LogP contribution in [0.2, 0.25) is 0 Å². The highest BCUT2D eigenvalue weighted by Gasteiger charge is 2.44. The maximum atomic E-state index is 11.9. The second kappa shape index (κ2) is 5.53. The highest BCUT2D eigenvalue weighted by Crippen LogP contribution is 2.40. The highest BCUT2D eigenvalue weighted by atomic mass is 79.9. The molecule has 1 N–H and O–H groups in total. The Bertz CT molecular complexity index is 489. The number of nitriles is 1. The Balaban J connectivity index is 1.82. The predicted octanol–water partition coefficient (Wildman–Crippen LogP) is 2.80. The molecule has 1 aromatic rings. The van der Waals surface area contributed by atoms with Crippen LogP contribution in [0.3, 0.4) is 0 Å². The van der Waals surface area contributed by atoms with E-state index in [1.54, 1.807) is 0 Å². The third-order valence-corrected chi connectivity index (χ3v) is 3.94. The van der Waals surface area contributed by atoms with Crippen LogP contribution in [0.5, 0.6) is 0 Å². The average molecular weight is 307 g/mol. The fraction of sp³-hybridized carbons (Fsp3) is 0.429. The molecule has 1 aliphatic rings. The topological polar surface area (TPSA) is 52.9 Å². The Kier molecular flexibility index (Phi) is 4.03. The van der Waals surface area contributed by atoms with Crippen LogP contribution >= 0.6 is 15.9 Å². The average Bonchev–Trinajstić information content (AvgIpc) is 2.28. The largest absolute Gasteiger partial charge is 0.354 e. The number of hydrogen-bond donors (Lipinski definition) is 1. The molecule has 1 fully saturated rings. The minimum Gasteiger partial charge on any atom is -0.354 e. The molecule has 0 unspecified atom stereocenters. The fourth-order valence-electron chi connectivity index (χ4n) is 2.10. The molecule has 1 aromatic carbocycles. The molecule has 0 spiro atoms. The lowest BCUT2D eigenvalue weighted by Gasteiger charge is -2.33. The normalized spacial score (nSPS) is 16.4. The Morgan fingerprint density at radius 3 is 2.83 bits per heavy atom. The molecule has 4 heteroatoms. The van der Waals surface area contributed by atoms with Crippen molar-refractivity contribution in [1.29, 1.82) is 5.26 Å². The SMILES string of the molecule is N#CC1(C(=O)NCCc2cccc(Br)c2)CCC1. The summed E-state index contributed by atoms with van der Waals surface area (Å²) >= 11 is 3.42. The molecule has 0 aliphatic heterocycles. The molecule has 1 saturated carbocycles. The molecular weight excluding hydrogens is 292 g/mol. The first-order chi connectivity index (χ1) is 8.66. The Morgan fingerprint density at radius 1 is 1.50 bits per heavy atom. The van der Waals surface area contributed by atoms with Gasteiger partial charge in [0.15, 0.2) is 0 Å². The van der Waals surface area contributed by atoms with Crippen molar-refractivity contribution in [2.45, 2.75) is 25.7 Å². The molecule has 0 atom stereocenters. The zero-order valence-corrected chi connectivity index (χ0v) is 11.7. The lowest BCUT2D eigenvalue weighted by molar-refractivity contribution is -0.131. The summed E-state index contributed by atoms with van der Waals surface area (Å²) in [7, 11) is 0. The van der Waals surface area contributed by atoms with Crippen molar-refractivity contribution in [3.63, 3.8) is 0 Å². The van der Waals surface area contributed by atoms with E-state index >= 15 is 0 Å². The first kappa shape index (κ1) is 13.1. The first-order valence-electron chi connectivity index (χ1n) is 6.10. The molecule has 0 heterocycles. The van der Waals surface area contributed by atoms with E-state index in [2.05, 4.69) is 27.3 Å². The Morgan fingerprint density at radius 2 is 2.28 bits per heavy atom. The van der Waals surface area contributed by atoms with Crippen LogP contribution in [0.1, 0.15) is 24.8 Å². The predicted molar refractivity (Wildman–Crippen MR) is 72.8 cm³/mol. The molecule has 18 heavy (non-hydrogen) atoms. The standard InChI is InChI=1S/C14H15BrN2O/c15-12-4-1-3-11(9-12)5-8-17-13(18)14(10-16)6-2-7-14/h1,3-4,9H,2,5-8H2,(H,17,18). The van der Waals surface area contributed by atoms with Gasteiger partial charge in [-0.3, -0.25) is 4.79 Å². The molecule has 0 bridgehead atoms. The van der Waals surface area contributed by atoms with Gasteiger partial charge in [0.05, 0.1) is 6.07 Å². The van der Waals surface area contributed by atoms with Gasteiger partial charge in [-0.25, -0.2) is 0 Å². The van der Waals surface area contributed by atoms with Crippen molar-refractivity contribution in [2.75, 3.05) is 6.54 Å². The smallest absolute Gasteiger partial charge is 0.240 e. The van der Waals surface area contributed by atoms with E-state index in [0.717, 1.165) is 17.3 Å². The number of carbonyl (C=O) groups is 1. The van der Waals surface area contributed by atoms with Gasteiger partial charge in [0.25, 0.3) is 0 Å². The van der Waals surface area contributed by atoms with Gasteiger partial charge in [-0.05, 0) is 43.4 Å². The summed E-state index contributed by atoms with van der Waals surface area (Å²) in [4.78, 5) is 11.9. The van der Waals surface area contributed by atoms with Crippen molar-refractivity contribution < 1.29 is 4.79 Å². The fourth-order valence-corrected chi connectivity index (χ4v) is 2.55. The summed E-state index contributed by atoms with van der Waals surface area (Å²) in [6, 6.07) is 10.2. The van der Waals surface area contributed by atoms with E-state index in [1.165, 1.54) is 5.56 Å². The molecule has 2 rings (SSSR count). The first-order valence-corrected chi connectivity index (χ1v) is 6.90. The molecule has 0 aromatic heterocycles. The van der Waals surface area contributed by atoms with Crippen LogP contribution in [-0.4, -0.2) is 12.5 Å². The molecule has 1 aliphatic carbocycles. The molecular formula is C14H15BrN2O. The van der Waals surface area contributed by atoms with Crippen LogP contribution in [0.25, 0.3) is 0 Å².